The topological polar surface area (TPSA) is 58.2 Å². The van der Waals surface area contributed by atoms with Gasteiger partial charge in [-0.3, -0.25) is 9.59 Å². The third-order valence-corrected chi connectivity index (χ3v) is 4.86. The lowest BCUT2D eigenvalue weighted by Crippen LogP contribution is -2.14. The fraction of sp³-hybridized carbons (Fsp3) is 0.125. The van der Waals surface area contributed by atoms with Gasteiger partial charge in [0, 0.05) is 22.5 Å². The maximum atomic E-state index is 12.1. The van der Waals surface area contributed by atoms with Gasteiger partial charge in [0.05, 0.1) is 21.5 Å². The molecule has 0 aliphatic carbocycles. The number of benzene rings is 2. The van der Waals surface area contributed by atoms with E-state index in [4.69, 9.17) is 34.8 Å². The van der Waals surface area contributed by atoms with E-state index in [1.807, 2.05) is 0 Å². The van der Waals surface area contributed by atoms with Crippen molar-refractivity contribution in [3.63, 3.8) is 0 Å². The molecular weight excluding hydrogens is 391 g/mol. The van der Waals surface area contributed by atoms with Gasteiger partial charge >= 0.3 is 0 Å². The predicted molar refractivity (Wildman–Crippen MR) is 102 cm³/mol. The number of carbonyl (C=O) groups is 2. The van der Waals surface area contributed by atoms with Crippen LogP contribution in [-0.2, 0) is 9.59 Å². The van der Waals surface area contributed by atoms with E-state index < -0.39 is 0 Å². The summed E-state index contributed by atoms with van der Waals surface area (Å²) in [5.41, 5.74) is 1.03. The summed E-state index contributed by atoms with van der Waals surface area (Å²) in [6.07, 6.45) is 0. The van der Waals surface area contributed by atoms with E-state index in [1.54, 1.807) is 36.4 Å². The Hall–Kier alpha value is -1.40. The van der Waals surface area contributed by atoms with Crippen molar-refractivity contribution in [2.75, 3.05) is 16.4 Å². The molecular formula is C16H13Cl3N2O2S. The van der Waals surface area contributed by atoms with Gasteiger partial charge in [0.25, 0.3) is 0 Å². The summed E-state index contributed by atoms with van der Waals surface area (Å²) in [5, 5.41) is 6.76. The monoisotopic (exact) mass is 402 g/mol. The standard InChI is InChI=1S/C16H13Cl3N2O2S/c1-9(22)20-11-3-5-14(13(19)7-11)21-16(23)8-24-15-6-10(17)2-4-12(15)18/h2-7H,8H2,1H3,(H,20,22)(H,21,23). The minimum atomic E-state index is -0.231. The molecule has 0 heterocycles. The van der Waals surface area contributed by atoms with Gasteiger partial charge in [0.1, 0.15) is 0 Å². The van der Waals surface area contributed by atoms with Crippen molar-refractivity contribution in [3.05, 3.63) is 51.5 Å². The number of hydrogen-bond acceptors (Lipinski definition) is 3. The number of halogens is 3. The van der Waals surface area contributed by atoms with E-state index in [0.717, 1.165) is 4.90 Å². The summed E-state index contributed by atoms with van der Waals surface area (Å²) in [6.45, 7) is 1.40. The molecule has 2 aromatic carbocycles. The molecule has 8 heteroatoms. The number of anilines is 2. The SMILES string of the molecule is CC(=O)Nc1ccc(NC(=O)CSc2cc(Cl)ccc2Cl)c(Cl)c1. The van der Waals surface area contributed by atoms with Gasteiger partial charge < -0.3 is 10.6 Å². The molecule has 2 N–H and O–H groups in total. The molecule has 24 heavy (non-hydrogen) atoms. The Bertz CT molecular complexity index is 784. The van der Waals surface area contributed by atoms with E-state index in [0.29, 0.717) is 26.4 Å². The minimum absolute atomic E-state index is 0.157. The van der Waals surface area contributed by atoms with Crippen molar-refractivity contribution in [1.29, 1.82) is 0 Å². The van der Waals surface area contributed by atoms with Crippen LogP contribution in [-0.4, -0.2) is 17.6 Å². The van der Waals surface area contributed by atoms with Gasteiger partial charge in [-0.05, 0) is 36.4 Å². The van der Waals surface area contributed by atoms with Crippen LogP contribution in [0.1, 0.15) is 6.92 Å². The summed E-state index contributed by atoms with van der Waals surface area (Å²) in [7, 11) is 0. The fourth-order valence-corrected chi connectivity index (χ4v) is 3.34. The summed E-state index contributed by atoms with van der Waals surface area (Å²) < 4.78 is 0. The third kappa shape index (κ3) is 5.60. The molecule has 0 spiro atoms. The van der Waals surface area contributed by atoms with E-state index >= 15 is 0 Å². The molecule has 0 saturated heterocycles. The van der Waals surface area contributed by atoms with Gasteiger partial charge in [-0.1, -0.05) is 34.8 Å². The lowest BCUT2D eigenvalue weighted by Gasteiger charge is -2.10. The molecule has 0 aliphatic rings. The molecule has 0 radical (unpaired) electrons. The Balaban J connectivity index is 1.97. The second kappa shape index (κ2) is 8.62. The number of carbonyl (C=O) groups excluding carboxylic acids is 2. The first-order chi connectivity index (χ1) is 11.3. The van der Waals surface area contributed by atoms with E-state index in [2.05, 4.69) is 10.6 Å². The highest BCUT2D eigenvalue weighted by Gasteiger charge is 2.10. The average Bonchev–Trinajstić information content (AvgIpc) is 2.50. The lowest BCUT2D eigenvalue weighted by molar-refractivity contribution is -0.114. The third-order valence-electron chi connectivity index (χ3n) is 2.82. The first-order valence-corrected chi connectivity index (χ1v) is 8.92. The number of amides is 2. The van der Waals surface area contributed by atoms with Crippen molar-refractivity contribution < 1.29 is 9.59 Å². The van der Waals surface area contributed by atoms with E-state index in [9.17, 15) is 9.59 Å². The Morgan fingerprint density at radius 3 is 2.42 bits per heavy atom. The van der Waals surface area contributed by atoms with Crippen LogP contribution in [0.4, 0.5) is 11.4 Å². The van der Waals surface area contributed by atoms with Crippen LogP contribution in [0.15, 0.2) is 41.3 Å². The van der Waals surface area contributed by atoms with Crippen molar-refractivity contribution in [2.45, 2.75) is 11.8 Å². The second-order valence-corrected chi connectivity index (χ2v) is 7.06. The Morgan fingerprint density at radius 1 is 1.00 bits per heavy atom. The molecule has 2 amide bonds. The molecule has 2 rings (SSSR count). The van der Waals surface area contributed by atoms with Crippen LogP contribution >= 0.6 is 46.6 Å². The molecule has 0 aromatic heterocycles. The molecule has 2 aromatic rings. The Labute approximate surface area is 158 Å². The zero-order valence-electron chi connectivity index (χ0n) is 12.5. The van der Waals surface area contributed by atoms with Gasteiger partial charge in [-0.25, -0.2) is 0 Å². The fourth-order valence-electron chi connectivity index (χ4n) is 1.81. The highest BCUT2D eigenvalue weighted by Crippen LogP contribution is 2.30. The van der Waals surface area contributed by atoms with Crippen LogP contribution in [0.2, 0.25) is 15.1 Å². The molecule has 0 unspecified atom stereocenters. The Morgan fingerprint density at radius 2 is 1.75 bits per heavy atom. The summed E-state index contributed by atoms with van der Waals surface area (Å²) in [6, 6.07) is 9.93. The zero-order valence-corrected chi connectivity index (χ0v) is 15.6. The highest BCUT2D eigenvalue weighted by molar-refractivity contribution is 8.00. The number of nitrogens with one attached hydrogen (secondary N) is 2. The van der Waals surface area contributed by atoms with Crippen LogP contribution in [0.3, 0.4) is 0 Å². The largest absolute Gasteiger partial charge is 0.326 e. The van der Waals surface area contributed by atoms with E-state index in [1.165, 1.54) is 18.7 Å². The Kier molecular flexibility index (Phi) is 6.80. The van der Waals surface area contributed by atoms with Crippen molar-refractivity contribution >= 4 is 69.8 Å². The predicted octanol–water partition coefficient (Wildman–Crippen LogP) is 5.34. The second-order valence-electron chi connectivity index (χ2n) is 4.79. The first-order valence-electron chi connectivity index (χ1n) is 6.80. The summed E-state index contributed by atoms with van der Waals surface area (Å²) >= 11 is 19.4. The lowest BCUT2D eigenvalue weighted by atomic mass is 10.2. The maximum Gasteiger partial charge on any atom is 0.234 e. The summed E-state index contributed by atoms with van der Waals surface area (Å²) in [4.78, 5) is 23.8. The minimum Gasteiger partial charge on any atom is -0.326 e. The summed E-state index contributed by atoms with van der Waals surface area (Å²) in [5.74, 6) is -0.271. The molecule has 4 nitrogen and oxygen atoms in total. The highest BCUT2D eigenvalue weighted by atomic mass is 35.5. The van der Waals surface area contributed by atoms with Gasteiger partial charge in [0.2, 0.25) is 11.8 Å². The smallest absolute Gasteiger partial charge is 0.234 e. The van der Waals surface area contributed by atoms with Crippen LogP contribution in [0.5, 0.6) is 0 Å². The molecule has 126 valence electrons. The first kappa shape index (κ1) is 18.9. The maximum absolute atomic E-state index is 12.1. The van der Waals surface area contributed by atoms with Gasteiger partial charge in [0.15, 0.2) is 0 Å². The van der Waals surface area contributed by atoms with Gasteiger partial charge in [-0.2, -0.15) is 0 Å². The molecule has 0 atom stereocenters. The number of thioether (sulfide) groups is 1. The van der Waals surface area contributed by atoms with Crippen LogP contribution in [0.25, 0.3) is 0 Å². The normalized spacial score (nSPS) is 10.3. The molecule has 0 saturated carbocycles. The van der Waals surface area contributed by atoms with Crippen LogP contribution < -0.4 is 10.6 Å². The molecule has 0 bridgehead atoms. The molecule has 0 fully saturated rings. The van der Waals surface area contributed by atoms with Crippen LogP contribution in [0, 0.1) is 0 Å². The quantitative estimate of drug-likeness (QED) is 0.663. The van der Waals surface area contributed by atoms with E-state index in [-0.39, 0.29) is 17.6 Å². The van der Waals surface area contributed by atoms with Gasteiger partial charge in [-0.15, -0.1) is 11.8 Å². The number of hydrogen-bond donors (Lipinski definition) is 2. The number of rotatable bonds is 5. The van der Waals surface area contributed by atoms with Crippen molar-refractivity contribution in [3.8, 4) is 0 Å². The zero-order chi connectivity index (χ0) is 17.7. The van der Waals surface area contributed by atoms with Crippen molar-refractivity contribution in [1.82, 2.24) is 0 Å². The van der Waals surface area contributed by atoms with Crippen molar-refractivity contribution in [2.24, 2.45) is 0 Å². The molecule has 0 aliphatic heterocycles. The average molecular weight is 404 g/mol.